The van der Waals surface area contributed by atoms with E-state index in [-0.39, 0.29) is 18.6 Å². The summed E-state index contributed by atoms with van der Waals surface area (Å²) < 4.78 is 1.79. The Morgan fingerprint density at radius 2 is 2.25 bits per heavy atom. The van der Waals surface area contributed by atoms with Gasteiger partial charge in [0, 0.05) is 18.7 Å². The van der Waals surface area contributed by atoms with Crippen LogP contribution < -0.4 is 0 Å². The lowest BCUT2D eigenvalue weighted by atomic mass is 9.92. The van der Waals surface area contributed by atoms with Crippen molar-refractivity contribution in [2.45, 2.75) is 31.1 Å². The highest BCUT2D eigenvalue weighted by Gasteiger charge is 2.51. The second-order valence-electron chi connectivity index (χ2n) is 5.48. The summed E-state index contributed by atoms with van der Waals surface area (Å²) >= 11 is 6.01. The summed E-state index contributed by atoms with van der Waals surface area (Å²) in [5.74, 6) is -0.378. The van der Waals surface area contributed by atoms with Crippen LogP contribution in [-0.4, -0.2) is 48.2 Å². The van der Waals surface area contributed by atoms with Crippen LogP contribution in [0.15, 0.2) is 18.6 Å². The van der Waals surface area contributed by atoms with Crippen LogP contribution in [0, 0.1) is 5.92 Å². The van der Waals surface area contributed by atoms with Gasteiger partial charge in [0.1, 0.15) is 23.2 Å². The van der Waals surface area contributed by atoms with Crippen LogP contribution in [0.25, 0.3) is 11.0 Å². The summed E-state index contributed by atoms with van der Waals surface area (Å²) in [6.07, 6.45) is 2.62. The lowest BCUT2D eigenvalue weighted by Crippen LogP contribution is -2.43. The monoisotopic (exact) mass is 297 g/mol. The fourth-order valence-electron chi connectivity index (χ4n) is 3.02. The van der Waals surface area contributed by atoms with Crippen LogP contribution in [0.1, 0.15) is 19.4 Å². The molecule has 20 heavy (non-hydrogen) atoms. The topological polar surface area (TPSA) is 91.4 Å². The van der Waals surface area contributed by atoms with E-state index in [9.17, 15) is 15.3 Å². The molecule has 0 spiro atoms. The van der Waals surface area contributed by atoms with Crippen molar-refractivity contribution in [2.24, 2.45) is 5.92 Å². The van der Waals surface area contributed by atoms with E-state index in [1.807, 2.05) is 0 Å². The molecule has 2 heterocycles. The number of halogens is 1. The number of fused-ring (bicyclic) bond motifs is 1. The van der Waals surface area contributed by atoms with Gasteiger partial charge in [-0.2, -0.15) is 0 Å². The minimum atomic E-state index is -1.33. The standard InChI is InChI=1S/C13H16ClN3O3/c1-13(20)7(5-18)4-9(10(13)19)17-3-2-8-11(14)15-6-16-12(8)17/h2-3,6-7,9-10,18-20H,4-5H2,1H3/t7-,9-,10+,13-/m1/s1. The Hall–Kier alpha value is -1.21. The van der Waals surface area contributed by atoms with Crippen molar-refractivity contribution in [1.82, 2.24) is 14.5 Å². The summed E-state index contributed by atoms with van der Waals surface area (Å²) in [6.45, 7) is 1.38. The Kier molecular flexibility index (Phi) is 3.21. The molecule has 0 saturated heterocycles. The maximum atomic E-state index is 10.4. The zero-order chi connectivity index (χ0) is 14.5. The van der Waals surface area contributed by atoms with Crippen LogP contribution in [0.2, 0.25) is 5.15 Å². The molecule has 0 unspecified atom stereocenters. The SMILES string of the molecule is C[C@@]1(O)[C@@H](CO)C[C@@H](n2ccc3c(Cl)ncnc32)[C@@H]1O. The molecule has 0 bridgehead atoms. The molecule has 6 nitrogen and oxygen atoms in total. The Morgan fingerprint density at radius 1 is 1.50 bits per heavy atom. The molecule has 2 aromatic rings. The number of hydrogen-bond acceptors (Lipinski definition) is 5. The molecule has 1 aliphatic carbocycles. The van der Waals surface area contributed by atoms with Crippen molar-refractivity contribution in [3.8, 4) is 0 Å². The summed E-state index contributed by atoms with van der Waals surface area (Å²) in [7, 11) is 0. The van der Waals surface area contributed by atoms with Gasteiger partial charge in [0.25, 0.3) is 0 Å². The Labute approximate surface area is 120 Å². The van der Waals surface area contributed by atoms with E-state index >= 15 is 0 Å². The van der Waals surface area contributed by atoms with Crippen molar-refractivity contribution in [3.05, 3.63) is 23.7 Å². The van der Waals surface area contributed by atoms with Gasteiger partial charge in [0.15, 0.2) is 0 Å². The maximum absolute atomic E-state index is 10.4. The maximum Gasteiger partial charge on any atom is 0.145 e. The molecule has 7 heteroatoms. The number of aliphatic hydroxyl groups is 3. The Bertz CT molecular complexity index is 643. The first kappa shape index (κ1) is 13.8. The molecule has 4 atom stereocenters. The average Bonchev–Trinajstić information content (AvgIpc) is 2.92. The first-order valence-corrected chi connectivity index (χ1v) is 6.83. The van der Waals surface area contributed by atoms with Gasteiger partial charge in [-0.05, 0) is 19.4 Å². The number of rotatable bonds is 2. The second kappa shape index (κ2) is 4.66. The minimum Gasteiger partial charge on any atom is -0.396 e. The normalized spacial score (nSPS) is 34.0. The predicted molar refractivity (Wildman–Crippen MR) is 73.4 cm³/mol. The highest BCUT2D eigenvalue weighted by molar-refractivity contribution is 6.33. The fraction of sp³-hybridized carbons (Fsp3) is 0.538. The van der Waals surface area contributed by atoms with E-state index in [0.717, 1.165) is 0 Å². The quantitative estimate of drug-likeness (QED) is 0.712. The largest absolute Gasteiger partial charge is 0.396 e. The third-order valence-electron chi connectivity index (χ3n) is 4.35. The zero-order valence-electron chi connectivity index (χ0n) is 10.9. The van der Waals surface area contributed by atoms with Crippen molar-refractivity contribution in [3.63, 3.8) is 0 Å². The van der Waals surface area contributed by atoms with E-state index in [1.54, 1.807) is 23.8 Å². The van der Waals surface area contributed by atoms with Gasteiger partial charge >= 0.3 is 0 Å². The molecule has 0 aliphatic heterocycles. The average molecular weight is 298 g/mol. The number of aliphatic hydroxyl groups excluding tert-OH is 2. The van der Waals surface area contributed by atoms with Gasteiger partial charge in [-0.3, -0.25) is 0 Å². The smallest absolute Gasteiger partial charge is 0.145 e. The molecule has 1 fully saturated rings. The molecule has 0 radical (unpaired) electrons. The molecule has 108 valence electrons. The van der Waals surface area contributed by atoms with Crippen LogP contribution in [0.5, 0.6) is 0 Å². The first-order chi connectivity index (χ1) is 9.46. The van der Waals surface area contributed by atoms with Gasteiger partial charge in [-0.15, -0.1) is 0 Å². The molecule has 3 N–H and O–H groups in total. The van der Waals surface area contributed by atoms with Gasteiger partial charge in [-0.25, -0.2) is 9.97 Å². The molecule has 0 amide bonds. The van der Waals surface area contributed by atoms with Crippen molar-refractivity contribution >= 4 is 22.6 Å². The fourth-order valence-corrected chi connectivity index (χ4v) is 3.21. The lowest BCUT2D eigenvalue weighted by Gasteiger charge is -2.28. The molecule has 3 rings (SSSR count). The van der Waals surface area contributed by atoms with Crippen LogP contribution in [-0.2, 0) is 0 Å². The third-order valence-corrected chi connectivity index (χ3v) is 4.66. The van der Waals surface area contributed by atoms with E-state index in [4.69, 9.17) is 11.6 Å². The Morgan fingerprint density at radius 3 is 2.90 bits per heavy atom. The molecule has 0 aromatic carbocycles. The zero-order valence-corrected chi connectivity index (χ0v) is 11.7. The van der Waals surface area contributed by atoms with Gasteiger partial charge in [0.05, 0.1) is 17.0 Å². The van der Waals surface area contributed by atoms with Gasteiger partial charge < -0.3 is 19.9 Å². The highest BCUT2D eigenvalue weighted by Crippen LogP contribution is 2.43. The van der Waals surface area contributed by atoms with E-state index < -0.39 is 11.7 Å². The highest BCUT2D eigenvalue weighted by atomic mass is 35.5. The van der Waals surface area contributed by atoms with Crippen molar-refractivity contribution < 1.29 is 15.3 Å². The molecule has 1 aliphatic rings. The van der Waals surface area contributed by atoms with Crippen LogP contribution >= 0.6 is 11.6 Å². The summed E-state index contributed by atoms with van der Waals surface area (Å²) in [5, 5.41) is 31.1. The van der Waals surface area contributed by atoms with Crippen molar-refractivity contribution in [2.75, 3.05) is 6.61 Å². The van der Waals surface area contributed by atoms with E-state index in [0.29, 0.717) is 22.6 Å². The van der Waals surface area contributed by atoms with Gasteiger partial charge in [-0.1, -0.05) is 11.6 Å². The number of nitrogens with zero attached hydrogens (tertiary/aromatic N) is 3. The van der Waals surface area contributed by atoms with Gasteiger partial charge in [0.2, 0.25) is 0 Å². The summed E-state index contributed by atoms with van der Waals surface area (Å²) in [5.41, 5.74) is -0.712. The number of aromatic nitrogens is 3. The Balaban J connectivity index is 2.06. The second-order valence-corrected chi connectivity index (χ2v) is 5.84. The van der Waals surface area contributed by atoms with Crippen molar-refractivity contribution in [1.29, 1.82) is 0 Å². The molecule has 1 saturated carbocycles. The predicted octanol–water partition coefficient (Wildman–Crippen LogP) is 0.750. The third kappa shape index (κ3) is 1.83. The molecule has 2 aromatic heterocycles. The lowest BCUT2D eigenvalue weighted by molar-refractivity contribution is -0.0840. The van der Waals surface area contributed by atoms with E-state index in [1.165, 1.54) is 6.33 Å². The minimum absolute atomic E-state index is 0.171. The van der Waals surface area contributed by atoms with Crippen LogP contribution in [0.3, 0.4) is 0 Å². The number of hydrogen-bond donors (Lipinski definition) is 3. The van der Waals surface area contributed by atoms with Crippen LogP contribution in [0.4, 0.5) is 0 Å². The molecular formula is C13H16ClN3O3. The summed E-state index contributed by atoms with van der Waals surface area (Å²) in [4.78, 5) is 8.11. The summed E-state index contributed by atoms with van der Waals surface area (Å²) in [6, 6.07) is 1.43. The van der Waals surface area contributed by atoms with E-state index in [2.05, 4.69) is 9.97 Å². The first-order valence-electron chi connectivity index (χ1n) is 6.45. The molecular weight excluding hydrogens is 282 g/mol.